The Labute approximate surface area is 91.7 Å². The molecule has 1 aromatic rings. The van der Waals surface area contributed by atoms with Gasteiger partial charge in [-0.3, -0.25) is 4.98 Å². The molecule has 0 atom stereocenters. The summed E-state index contributed by atoms with van der Waals surface area (Å²) < 4.78 is 30.6. The van der Waals surface area contributed by atoms with Gasteiger partial charge in [0.15, 0.2) is 0 Å². The third-order valence-electron chi connectivity index (χ3n) is 2.16. The van der Waals surface area contributed by atoms with Crippen molar-refractivity contribution in [2.75, 3.05) is 7.11 Å². The lowest BCUT2D eigenvalue weighted by molar-refractivity contribution is 0.148. The molecule has 0 saturated heterocycles. The van der Waals surface area contributed by atoms with E-state index in [4.69, 9.17) is 15.7 Å². The van der Waals surface area contributed by atoms with E-state index in [0.29, 0.717) is 0 Å². The topological polar surface area (TPSA) is 71.9 Å². The molecule has 0 aliphatic rings. The van der Waals surface area contributed by atoms with E-state index in [1.54, 1.807) is 6.07 Å². The average Bonchev–Trinajstić information content (AvgIpc) is 2.28. The number of pyridine rings is 1. The number of alkyl halides is 2. The molecule has 6 heteroatoms. The Hall–Kier alpha value is -1.74. The largest absolute Gasteiger partial charge is 0.495 e. The standard InChI is InChI=1S/C10H11F2N3O/c1-16-8-5-15-7(2-3-13)9(10(11)12)6(8)4-14/h5,10H,2,4,14H2,1H3. The van der Waals surface area contributed by atoms with Crippen LogP contribution in [0.2, 0.25) is 0 Å². The van der Waals surface area contributed by atoms with Gasteiger partial charge in [-0.1, -0.05) is 0 Å². The van der Waals surface area contributed by atoms with Gasteiger partial charge in [0, 0.05) is 17.7 Å². The normalized spacial score (nSPS) is 10.2. The first-order chi connectivity index (χ1) is 7.65. The minimum Gasteiger partial charge on any atom is -0.495 e. The van der Waals surface area contributed by atoms with Gasteiger partial charge in [0.25, 0.3) is 6.43 Å². The highest BCUT2D eigenvalue weighted by molar-refractivity contribution is 5.42. The van der Waals surface area contributed by atoms with Crippen LogP contribution < -0.4 is 10.5 Å². The van der Waals surface area contributed by atoms with Crippen LogP contribution in [-0.4, -0.2) is 12.1 Å². The van der Waals surface area contributed by atoms with E-state index in [9.17, 15) is 8.78 Å². The first-order valence-electron chi connectivity index (χ1n) is 4.55. The summed E-state index contributed by atoms with van der Waals surface area (Å²) in [6, 6.07) is 1.79. The molecular formula is C10H11F2N3O. The fourth-order valence-corrected chi connectivity index (χ4v) is 1.45. The number of rotatable bonds is 4. The third kappa shape index (κ3) is 2.25. The molecule has 0 aliphatic carbocycles. The minimum atomic E-state index is -2.72. The van der Waals surface area contributed by atoms with Crippen LogP contribution in [-0.2, 0) is 13.0 Å². The van der Waals surface area contributed by atoms with E-state index >= 15 is 0 Å². The second kappa shape index (κ2) is 5.37. The maximum absolute atomic E-state index is 12.9. The summed E-state index contributed by atoms with van der Waals surface area (Å²) in [6.07, 6.45) is -1.58. The van der Waals surface area contributed by atoms with Gasteiger partial charge in [0.05, 0.1) is 31.5 Å². The van der Waals surface area contributed by atoms with E-state index in [1.807, 2.05) is 0 Å². The highest BCUT2D eigenvalue weighted by atomic mass is 19.3. The summed E-state index contributed by atoms with van der Waals surface area (Å²) in [5, 5.41) is 8.52. The first-order valence-corrected chi connectivity index (χ1v) is 4.55. The lowest BCUT2D eigenvalue weighted by Gasteiger charge is -2.14. The zero-order valence-electron chi connectivity index (χ0n) is 8.70. The molecule has 0 aromatic carbocycles. The highest BCUT2D eigenvalue weighted by Gasteiger charge is 2.21. The molecule has 0 spiro atoms. The molecule has 1 rings (SSSR count). The molecule has 0 bridgehead atoms. The molecule has 0 saturated carbocycles. The van der Waals surface area contributed by atoms with Crippen molar-refractivity contribution in [3.63, 3.8) is 0 Å². The van der Waals surface area contributed by atoms with Crippen LogP contribution in [0.15, 0.2) is 6.20 Å². The first kappa shape index (κ1) is 12.3. The van der Waals surface area contributed by atoms with E-state index in [2.05, 4.69) is 4.98 Å². The van der Waals surface area contributed by atoms with E-state index in [0.717, 1.165) is 0 Å². The van der Waals surface area contributed by atoms with Crippen molar-refractivity contribution in [3.8, 4) is 11.8 Å². The molecule has 0 fully saturated rings. The predicted octanol–water partition coefficient (Wildman–Crippen LogP) is 1.55. The summed E-state index contributed by atoms with van der Waals surface area (Å²) in [6.45, 7) is -0.0796. The van der Waals surface area contributed by atoms with Crippen LogP contribution >= 0.6 is 0 Å². The predicted molar refractivity (Wildman–Crippen MR) is 53.0 cm³/mol. The Morgan fingerprint density at radius 1 is 1.62 bits per heavy atom. The van der Waals surface area contributed by atoms with Gasteiger partial charge in [-0.15, -0.1) is 0 Å². The fraction of sp³-hybridized carbons (Fsp3) is 0.400. The van der Waals surface area contributed by atoms with E-state index in [-0.39, 0.29) is 35.5 Å². The molecule has 86 valence electrons. The van der Waals surface area contributed by atoms with Crippen LogP contribution in [0.3, 0.4) is 0 Å². The van der Waals surface area contributed by atoms with Gasteiger partial charge in [-0.05, 0) is 0 Å². The van der Waals surface area contributed by atoms with Gasteiger partial charge in [-0.25, -0.2) is 8.78 Å². The van der Waals surface area contributed by atoms with E-state index < -0.39 is 6.43 Å². The van der Waals surface area contributed by atoms with Crippen LogP contribution in [0.1, 0.15) is 23.2 Å². The Balaban J connectivity index is 3.39. The van der Waals surface area contributed by atoms with Crippen LogP contribution in [0.4, 0.5) is 8.78 Å². The summed E-state index contributed by atoms with van der Waals surface area (Å²) in [4.78, 5) is 3.79. The van der Waals surface area contributed by atoms with Gasteiger partial charge in [0.2, 0.25) is 0 Å². The van der Waals surface area contributed by atoms with Gasteiger partial charge in [0.1, 0.15) is 5.75 Å². The monoisotopic (exact) mass is 227 g/mol. The van der Waals surface area contributed by atoms with Gasteiger partial charge >= 0.3 is 0 Å². The minimum absolute atomic E-state index is 0.0544. The van der Waals surface area contributed by atoms with Crippen molar-refractivity contribution in [2.45, 2.75) is 19.4 Å². The molecule has 1 aromatic heterocycles. The smallest absolute Gasteiger partial charge is 0.266 e. The number of nitrogens with zero attached hydrogens (tertiary/aromatic N) is 2. The third-order valence-corrected chi connectivity index (χ3v) is 2.16. The number of hydrogen-bond donors (Lipinski definition) is 1. The molecule has 0 amide bonds. The van der Waals surface area contributed by atoms with Crippen molar-refractivity contribution in [2.24, 2.45) is 5.73 Å². The van der Waals surface area contributed by atoms with E-state index in [1.165, 1.54) is 13.3 Å². The molecule has 1 heterocycles. The Kier molecular flexibility index (Phi) is 4.14. The molecule has 2 N–H and O–H groups in total. The quantitative estimate of drug-likeness (QED) is 0.847. The lowest BCUT2D eigenvalue weighted by atomic mass is 10.0. The van der Waals surface area contributed by atoms with Crippen molar-refractivity contribution in [1.29, 1.82) is 5.26 Å². The van der Waals surface area contributed by atoms with Crippen LogP contribution in [0.5, 0.6) is 5.75 Å². The number of nitrogens with two attached hydrogens (primary N) is 1. The zero-order chi connectivity index (χ0) is 12.1. The number of nitriles is 1. The van der Waals surface area contributed by atoms with Crippen LogP contribution in [0, 0.1) is 11.3 Å². The highest BCUT2D eigenvalue weighted by Crippen LogP contribution is 2.31. The second-order valence-corrected chi connectivity index (χ2v) is 3.01. The van der Waals surface area contributed by atoms with Gasteiger partial charge in [-0.2, -0.15) is 5.26 Å². The molecule has 4 nitrogen and oxygen atoms in total. The van der Waals surface area contributed by atoms with Crippen molar-refractivity contribution >= 4 is 0 Å². The van der Waals surface area contributed by atoms with Crippen molar-refractivity contribution in [3.05, 3.63) is 23.0 Å². The molecule has 0 radical (unpaired) electrons. The second-order valence-electron chi connectivity index (χ2n) is 3.01. The summed E-state index contributed by atoms with van der Waals surface area (Å²) in [7, 11) is 1.36. The molecule has 0 unspecified atom stereocenters. The number of halogens is 2. The molecule has 16 heavy (non-hydrogen) atoms. The number of ether oxygens (including phenoxy) is 1. The lowest BCUT2D eigenvalue weighted by Crippen LogP contribution is -2.09. The summed E-state index contributed by atoms with van der Waals surface area (Å²) >= 11 is 0. The zero-order valence-corrected chi connectivity index (χ0v) is 8.70. The number of aromatic nitrogens is 1. The van der Waals surface area contributed by atoms with Crippen LogP contribution in [0.25, 0.3) is 0 Å². The SMILES string of the molecule is COc1cnc(CC#N)c(C(F)F)c1CN. The summed E-state index contributed by atoms with van der Waals surface area (Å²) in [5.74, 6) is 0.222. The number of methoxy groups -OCH3 is 1. The number of hydrogen-bond acceptors (Lipinski definition) is 4. The fourth-order valence-electron chi connectivity index (χ4n) is 1.45. The van der Waals surface area contributed by atoms with Gasteiger partial charge < -0.3 is 10.5 Å². The maximum Gasteiger partial charge on any atom is 0.266 e. The Bertz CT molecular complexity index is 415. The van der Waals surface area contributed by atoms with Crippen molar-refractivity contribution in [1.82, 2.24) is 4.98 Å². The van der Waals surface area contributed by atoms with Crippen molar-refractivity contribution < 1.29 is 13.5 Å². The average molecular weight is 227 g/mol. The Morgan fingerprint density at radius 2 is 2.31 bits per heavy atom. The maximum atomic E-state index is 12.9. The Morgan fingerprint density at radius 3 is 2.75 bits per heavy atom. The summed E-state index contributed by atoms with van der Waals surface area (Å²) in [5.41, 5.74) is 5.38. The molecular weight excluding hydrogens is 216 g/mol. The molecule has 0 aliphatic heterocycles.